The van der Waals surface area contributed by atoms with Gasteiger partial charge in [0.05, 0.1) is 17.1 Å². The minimum Gasteiger partial charge on any atom is -0.469 e. The fourth-order valence-electron chi connectivity index (χ4n) is 2.98. The Labute approximate surface area is 169 Å². The van der Waals surface area contributed by atoms with Gasteiger partial charge in [0.2, 0.25) is 5.91 Å². The third-order valence-corrected chi connectivity index (χ3v) is 6.08. The first-order valence-corrected chi connectivity index (χ1v) is 10.3. The molecule has 148 valence electrons. The maximum absolute atomic E-state index is 12.8. The van der Waals surface area contributed by atoms with Gasteiger partial charge in [-0.05, 0) is 43.9 Å². The van der Waals surface area contributed by atoms with E-state index in [9.17, 15) is 4.79 Å². The summed E-state index contributed by atoms with van der Waals surface area (Å²) < 4.78 is 7.24. The van der Waals surface area contributed by atoms with E-state index in [4.69, 9.17) is 4.42 Å². The monoisotopic (exact) mass is 398 g/mol. The molecule has 1 N–H and O–H groups in total. The van der Waals surface area contributed by atoms with Gasteiger partial charge in [0.1, 0.15) is 5.76 Å². The highest BCUT2D eigenvalue weighted by Gasteiger charge is 2.21. The number of para-hydroxylation sites is 1. The zero-order chi connectivity index (χ0) is 20.3. The molecule has 0 saturated carbocycles. The van der Waals surface area contributed by atoms with Crippen LogP contribution >= 0.6 is 11.8 Å². The predicted octanol–water partition coefficient (Wildman–Crippen LogP) is 5.02. The zero-order valence-electron chi connectivity index (χ0n) is 16.9. The summed E-state index contributed by atoms with van der Waals surface area (Å²) in [5.74, 6) is 1.85. The smallest absolute Gasteiger partial charge is 0.237 e. The molecular formula is C21H26N4O2S. The van der Waals surface area contributed by atoms with E-state index in [1.807, 2.05) is 49.7 Å². The number of nitrogens with one attached hydrogen (secondary N) is 1. The lowest BCUT2D eigenvalue weighted by atomic mass is 9.97. The Morgan fingerprint density at radius 3 is 2.68 bits per heavy atom. The summed E-state index contributed by atoms with van der Waals surface area (Å²) in [6.45, 7) is 8.09. The van der Waals surface area contributed by atoms with Crippen LogP contribution in [0.3, 0.4) is 0 Å². The molecule has 1 aromatic carbocycles. The molecule has 0 unspecified atom stereocenters. The van der Waals surface area contributed by atoms with E-state index in [-0.39, 0.29) is 11.2 Å². The van der Waals surface area contributed by atoms with Crippen LogP contribution in [0.4, 0.5) is 5.69 Å². The minimum absolute atomic E-state index is 0.0511. The van der Waals surface area contributed by atoms with E-state index in [1.165, 1.54) is 11.8 Å². The second kappa shape index (κ2) is 8.65. The lowest BCUT2D eigenvalue weighted by Gasteiger charge is -2.17. The number of thioether (sulfide) groups is 1. The van der Waals surface area contributed by atoms with Gasteiger partial charge in [-0.1, -0.05) is 43.8 Å². The van der Waals surface area contributed by atoms with Crippen LogP contribution in [0.2, 0.25) is 0 Å². The zero-order valence-corrected chi connectivity index (χ0v) is 17.7. The topological polar surface area (TPSA) is 73.0 Å². The predicted molar refractivity (Wildman–Crippen MR) is 113 cm³/mol. The largest absolute Gasteiger partial charge is 0.469 e. The number of furan rings is 1. The maximum Gasteiger partial charge on any atom is 0.237 e. The first-order chi connectivity index (χ1) is 13.4. The van der Waals surface area contributed by atoms with Gasteiger partial charge in [-0.2, -0.15) is 0 Å². The summed E-state index contributed by atoms with van der Waals surface area (Å²) in [5.41, 5.74) is 2.94. The van der Waals surface area contributed by atoms with Crippen molar-refractivity contribution >= 4 is 23.4 Å². The van der Waals surface area contributed by atoms with Gasteiger partial charge >= 0.3 is 0 Å². The Balaban J connectivity index is 1.72. The van der Waals surface area contributed by atoms with E-state index in [1.54, 1.807) is 6.26 Å². The van der Waals surface area contributed by atoms with Crippen molar-refractivity contribution in [1.29, 1.82) is 0 Å². The Bertz CT molecular complexity index is 963. The number of carbonyl (C=O) groups excluding carboxylic acids is 1. The average Bonchev–Trinajstić information content (AvgIpc) is 3.27. The number of benzene rings is 1. The van der Waals surface area contributed by atoms with E-state index < -0.39 is 0 Å². The number of nitrogens with zero attached hydrogens (tertiary/aromatic N) is 3. The van der Waals surface area contributed by atoms with Gasteiger partial charge in [-0.25, -0.2) is 0 Å². The highest BCUT2D eigenvalue weighted by molar-refractivity contribution is 8.00. The number of hydrogen-bond acceptors (Lipinski definition) is 5. The van der Waals surface area contributed by atoms with E-state index in [0.717, 1.165) is 34.8 Å². The molecule has 0 saturated heterocycles. The quantitative estimate of drug-likeness (QED) is 0.566. The Hall–Kier alpha value is -2.54. The molecule has 28 heavy (non-hydrogen) atoms. The average molecular weight is 399 g/mol. The number of rotatable bonds is 7. The van der Waals surface area contributed by atoms with E-state index in [2.05, 4.69) is 35.4 Å². The molecule has 0 radical (unpaired) electrons. The summed E-state index contributed by atoms with van der Waals surface area (Å²) in [7, 11) is 1.90. The molecule has 3 rings (SSSR count). The Morgan fingerprint density at radius 1 is 1.25 bits per heavy atom. The molecule has 2 atom stereocenters. The van der Waals surface area contributed by atoms with Crippen molar-refractivity contribution in [3.8, 4) is 11.4 Å². The summed E-state index contributed by atoms with van der Waals surface area (Å²) in [4.78, 5) is 12.8. The van der Waals surface area contributed by atoms with Crippen LogP contribution < -0.4 is 5.32 Å². The molecule has 0 spiro atoms. The first-order valence-electron chi connectivity index (χ1n) is 9.42. The minimum atomic E-state index is -0.314. The van der Waals surface area contributed by atoms with E-state index >= 15 is 0 Å². The molecule has 0 fully saturated rings. The van der Waals surface area contributed by atoms with Crippen molar-refractivity contribution in [2.75, 3.05) is 5.32 Å². The van der Waals surface area contributed by atoms with Gasteiger partial charge in [-0.3, -0.25) is 4.79 Å². The van der Waals surface area contributed by atoms with Crippen molar-refractivity contribution in [3.63, 3.8) is 0 Å². The van der Waals surface area contributed by atoms with Crippen LogP contribution in [-0.2, 0) is 11.8 Å². The second-order valence-electron chi connectivity index (χ2n) is 6.90. The molecule has 0 bridgehead atoms. The van der Waals surface area contributed by atoms with Crippen LogP contribution in [0.1, 0.15) is 44.4 Å². The lowest BCUT2D eigenvalue weighted by Crippen LogP contribution is -2.23. The third-order valence-electron chi connectivity index (χ3n) is 4.95. The number of aryl methyl sites for hydroxylation is 1. The SMILES string of the molecule is CC[C@H](C)c1ccccc1NC(=O)[C@H](C)Sc1nnc(-c2ccoc2C)n1C. The van der Waals surface area contributed by atoms with Crippen LogP contribution in [0.5, 0.6) is 0 Å². The fraction of sp³-hybridized carbons (Fsp3) is 0.381. The van der Waals surface area contributed by atoms with Gasteiger partial charge in [0, 0.05) is 12.7 Å². The van der Waals surface area contributed by atoms with Crippen LogP contribution in [0.25, 0.3) is 11.4 Å². The highest BCUT2D eigenvalue weighted by atomic mass is 32.2. The fourth-order valence-corrected chi connectivity index (χ4v) is 3.79. The molecule has 7 heteroatoms. The molecular weight excluding hydrogens is 372 g/mol. The van der Waals surface area contributed by atoms with Crippen LogP contribution in [-0.4, -0.2) is 25.9 Å². The Morgan fingerprint density at radius 2 is 2.00 bits per heavy atom. The number of amides is 1. The lowest BCUT2D eigenvalue weighted by molar-refractivity contribution is -0.115. The number of carbonyl (C=O) groups is 1. The molecule has 1 amide bonds. The van der Waals surface area contributed by atoms with Gasteiger partial charge in [0.15, 0.2) is 11.0 Å². The number of anilines is 1. The Kier molecular flexibility index (Phi) is 6.24. The van der Waals surface area contributed by atoms with E-state index in [0.29, 0.717) is 11.1 Å². The van der Waals surface area contributed by atoms with Crippen molar-refractivity contribution in [3.05, 3.63) is 47.9 Å². The van der Waals surface area contributed by atoms with Crippen molar-refractivity contribution in [1.82, 2.24) is 14.8 Å². The molecule has 6 nitrogen and oxygen atoms in total. The standard InChI is InChI=1S/C21H26N4O2S/c1-6-13(2)16-9-7-8-10-18(16)22-20(26)15(4)28-21-24-23-19(25(21)5)17-11-12-27-14(17)3/h7-13,15H,6H2,1-5H3,(H,22,26)/t13-,15-/m0/s1. The number of aromatic nitrogens is 3. The van der Waals surface area contributed by atoms with Gasteiger partial charge in [-0.15, -0.1) is 10.2 Å². The van der Waals surface area contributed by atoms with Crippen LogP contribution in [0, 0.1) is 6.92 Å². The second-order valence-corrected chi connectivity index (χ2v) is 8.21. The van der Waals surface area contributed by atoms with Crippen molar-refractivity contribution < 1.29 is 9.21 Å². The summed E-state index contributed by atoms with van der Waals surface area (Å²) in [5, 5.41) is 12.0. The molecule has 0 aliphatic carbocycles. The van der Waals surface area contributed by atoms with Gasteiger partial charge in [0.25, 0.3) is 0 Å². The maximum atomic E-state index is 12.8. The molecule has 3 aromatic rings. The summed E-state index contributed by atoms with van der Waals surface area (Å²) >= 11 is 1.39. The summed E-state index contributed by atoms with van der Waals surface area (Å²) in [6, 6.07) is 9.86. The first kappa shape index (κ1) is 20.2. The number of hydrogen-bond donors (Lipinski definition) is 1. The third kappa shape index (κ3) is 4.14. The molecule has 2 heterocycles. The molecule has 0 aliphatic rings. The van der Waals surface area contributed by atoms with Crippen molar-refractivity contribution in [2.24, 2.45) is 7.05 Å². The normalized spacial score (nSPS) is 13.3. The summed E-state index contributed by atoms with van der Waals surface area (Å²) in [6.07, 6.45) is 2.66. The van der Waals surface area contributed by atoms with Gasteiger partial charge < -0.3 is 14.3 Å². The molecule has 2 aromatic heterocycles. The molecule has 0 aliphatic heterocycles. The van der Waals surface area contributed by atoms with Crippen molar-refractivity contribution in [2.45, 2.75) is 50.4 Å². The van der Waals surface area contributed by atoms with Crippen LogP contribution in [0.15, 0.2) is 46.2 Å². The highest BCUT2D eigenvalue weighted by Crippen LogP contribution is 2.30.